The molecule has 1 aliphatic rings. The Balaban J connectivity index is 1.93. The first-order valence-corrected chi connectivity index (χ1v) is 7.04. The Morgan fingerprint density at radius 2 is 2.12 bits per heavy atom. The van der Waals surface area contributed by atoms with Crippen molar-refractivity contribution in [2.24, 2.45) is 0 Å². The third kappa shape index (κ3) is 2.11. The van der Waals surface area contributed by atoms with Crippen LogP contribution in [0.1, 0.15) is 43.2 Å². The van der Waals surface area contributed by atoms with Gasteiger partial charge in [-0.3, -0.25) is 0 Å². The van der Waals surface area contributed by atoms with E-state index in [9.17, 15) is 0 Å². The number of nitrogens with zero attached hydrogens (tertiary/aromatic N) is 4. The van der Waals surface area contributed by atoms with Gasteiger partial charge in [0, 0.05) is 5.38 Å². The van der Waals surface area contributed by atoms with Crippen molar-refractivity contribution in [3.05, 3.63) is 16.7 Å². The Kier molecular flexibility index (Phi) is 2.93. The van der Waals surface area contributed by atoms with E-state index in [1.807, 2.05) is 6.92 Å². The fourth-order valence-electron chi connectivity index (χ4n) is 2.49. The number of hydrogen-bond donors (Lipinski definition) is 0. The summed E-state index contributed by atoms with van der Waals surface area (Å²) >= 11 is 1.67. The topological polar surface area (TPSA) is 43.6 Å². The maximum Gasteiger partial charge on any atom is 0.177 e. The molecule has 5 heteroatoms. The highest BCUT2D eigenvalue weighted by molar-refractivity contribution is 7.09. The maximum absolute atomic E-state index is 4.50. The first kappa shape index (κ1) is 10.9. The predicted octanol–water partition coefficient (Wildman–Crippen LogP) is 3.22. The zero-order valence-electron chi connectivity index (χ0n) is 9.96. The van der Waals surface area contributed by atoms with Gasteiger partial charge in [0.25, 0.3) is 0 Å². The Hall–Kier alpha value is -1.23. The monoisotopic (exact) mass is 248 g/mol. The summed E-state index contributed by atoms with van der Waals surface area (Å²) in [7, 11) is 0. The van der Waals surface area contributed by atoms with Gasteiger partial charge in [0.15, 0.2) is 5.82 Å². The molecule has 1 saturated carbocycles. The average Bonchev–Trinajstić information content (AvgIpc) is 2.98. The zero-order chi connectivity index (χ0) is 11.7. The minimum atomic E-state index is 0.517. The molecule has 0 amide bonds. The molecule has 0 aliphatic heterocycles. The largest absolute Gasteiger partial charge is 0.241 e. The van der Waals surface area contributed by atoms with Crippen molar-refractivity contribution in [2.75, 3.05) is 0 Å². The van der Waals surface area contributed by atoms with Crippen LogP contribution < -0.4 is 0 Å². The van der Waals surface area contributed by atoms with Crippen molar-refractivity contribution >= 4 is 11.3 Å². The van der Waals surface area contributed by atoms with E-state index in [1.54, 1.807) is 17.7 Å². The fourth-order valence-corrected chi connectivity index (χ4v) is 3.08. The normalized spacial score (nSPS) is 17.5. The standard InChI is InChI=1S/C12H16N4S/c1-9-15-11(7-17-9)12-13-8-14-16(12)10-5-3-2-4-6-10/h7-8,10H,2-6H2,1H3. The van der Waals surface area contributed by atoms with Crippen LogP contribution in [-0.2, 0) is 0 Å². The second kappa shape index (κ2) is 4.56. The molecule has 0 N–H and O–H groups in total. The van der Waals surface area contributed by atoms with Crippen LogP contribution in [0.2, 0.25) is 0 Å². The first-order valence-electron chi connectivity index (χ1n) is 6.16. The van der Waals surface area contributed by atoms with E-state index in [0.29, 0.717) is 6.04 Å². The van der Waals surface area contributed by atoms with Gasteiger partial charge in [-0.25, -0.2) is 14.6 Å². The van der Waals surface area contributed by atoms with Gasteiger partial charge in [-0.05, 0) is 19.8 Å². The molecule has 0 unspecified atom stereocenters. The van der Waals surface area contributed by atoms with Crippen LogP contribution in [-0.4, -0.2) is 19.7 Å². The second-order valence-electron chi connectivity index (χ2n) is 4.57. The number of hydrogen-bond acceptors (Lipinski definition) is 4. The lowest BCUT2D eigenvalue weighted by molar-refractivity contribution is 0.331. The Bertz CT molecular complexity index is 496. The Morgan fingerprint density at radius 3 is 2.82 bits per heavy atom. The molecule has 90 valence electrons. The second-order valence-corrected chi connectivity index (χ2v) is 5.63. The van der Waals surface area contributed by atoms with E-state index in [0.717, 1.165) is 16.5 Å². The van der Waals surface area contributed by atoms with Crippen LogP contribution in [0.25, 0.3) is 11.5 Å². The summed E-state index contributed by atoms with van der Waals surface area (Å²) in [5.41, 5.74) is 0.968. The van der Waals surface area contributed by atoms with Gasteiger partial charge in [-0.15, -0.1) is 11.3 Å². The molecule has 2 heterocycles. The lowest BCUT2D eigenvalue weighted by atomic mass is 9.95. The molecule has 2 aromatic heterocycles. The van der Waals surface area contributed by atoms with Crippen LogP contribution in [0.4, 0.5) is 0 Å². The van der Waals surface area contributed by atoms with Gasteiger partial charge < -0.3 is 0 Å². The smallest absolute Gasteiger partial charge is 0.177 e. The molecule has 1 fully saturated rings. The predicted molar refractivity (Wildman–Crippen MR) is 68.0 cm³/mol. The van der Waals surface area contributed by atoms with Crippen LogP contribution in [0.3, 0.4) is 0 Å². The lowest BCUT2D eigenvalue weighted by Crippen LogP contribution is -2.15. The third-order valence-electron chi connectivity index (χ3n) is 3.34. The highest BCUT2D eigenvalue weighted by atomic mass is 32.1. The van der Waals surface area contributed by atoms with Gasteiger partial charge in [0.05, 0.1) is 11.0 Å². The molecule has 0 saturated heterocycles. The molecule has 0 radical (unpaired) electrons. The molecule has 17 heavy (non-hydrogen) atoms. The molecule has 4 nitrogen and oxygen atoms in total. The maximum atomic E-state index is 4.50. The van der Waals surface area contributed by atoms with Gasteiger partial charge in [0.2, 0.25) is 0 Å². The van der Waals surface area contributed by atoms with Crippen molar-refractivity contribution in [2.45, 2.75) is 45.1 Å². The first-order chi connectivity index (χ1) is 8.34. The van der Waals surface area contributed by atoms with Crippen molar-refractivity contribution in [3.8, 4) is 11.5 Å². The number of aryl methyl sites for hydroxylation is 1. The lowest BCUT2D eigenvalue weighted by Gasteiger charge is -2.22. The molecular formula is C12H16N4S. The average molecular weight is 248 g/mol. The zero-order valence-corrected chi connectivity index (χ0v) is 10.8. The van der Waals surface area contributed by atoms with E-state index in [2.05, 4.69) is 25.1 Å². The van der Waals surface area contributed by atoms with Gasteiger partial charge in [0.1, 0.15) is 12.0 Å². The Morgan fingerprint density at radius 1 is 1.29 bits per heavy atom. The van der Waals surface area contributed by atoms with Crippen molar-refractivity contribution < 1.29 is 0 Å². The molecule has 2 aromatic rings. The third-order valence-corrected chi connectivity index (χ3v) is 4.12. The fraction of sp³-hybridized carbons (Fsp3) is 0.583. The number of thiazole rings is 1. The minimum absolute atomic E-state index is 0.517. The summed E-state index contributed by atoms with van der Waals surface area (Å²) in [5, 5.41) is 7.55. The SMILES string of the molecule is Cc1nc(-c2ncnn2C2CCCCC2)cs1. The molecule has 0 aromatic carbocycles. The van der Waals surface area contributed by atoms with Gasteiger partial charge in [-0.1, -0.05) is 19.3 Å². The summed E-state index contributed by atoms with van der Waals surface area (Å²) in [6.07, 6.45) is 8.06. The van der Waals surface area contributed by atoms with E-state index in [-0.39, 0.29) is 0 Å². The van der Waals surface area contributed by atoms with E-state index in [1.165, 1.54) is 32.1 Å². The summed E-state index contributed by atoms with van der Waals surface area (Å²) in [5.74, 6) is 0.932. The molecular weight excluding hydrogens is 232 g/mol. The van der Waals surface area contributed by atoms with Crippen LogP contribution in [0.5, 0.6) is 0 Å². The van der Waals surface area contributed by atoms with E-state index >= 15 is 0 Å². The quantitative estimate of drug-likeness (QED) is 0.819. The summed E-state index contributed by atoms with van der Waals surface area (Å²) in [6, 6.07) is 0.517. The Labute approximate surface area is 105 Å². The van der Waals surface area contributed by atoms with Crippen LogP contribution >= 0.6 is 11.3 Å². The van der Waals surface area contributed by atoms with Crippen LogP contribution in [0, 0.1) is 6.92 Å². The summed E-state index contributed by atoms with van der Waals surface area (Å²) in [4.78, 5) is 8.87. The van der Waals surface area contributed by atoms with Crippen molar-refractivity contribution in [1.82, 2.24) is 19.7 Å². The molecule has 0 spiro atoms. The van der Waals surface area contributed by atoms with E-state index < -0.39 is 0 Å². The molecule has 1 aliphatic carbocycles. The highest BCUT2D eigenvalue weighted by Gasteiger charge is 2.20. The van der Waals surface area contributed by atoms with Crippen molar-refractivity contribution in [1.29, 1.82) is 0 Å². The summed E-state index contributed by atoms with van der Waals surface area (Å²) in [6.45, 7) is 2.02. The molecule has 3 rings (SSSR count). The van der Waals surface area contributed by atoms with Crippen molar-refractivity contribution in [3.63, 3.8) is 0 Å². The van der Waals surface area contributed by atoms with Gasteiger partial charge >= 0.3 is 0 Å². The van der Waals surface area contributed by atoms with E-state index in [4.69, 9.17) is 0 Å². The van der Waals surface area contributed by atoms with Crippen LogP contribution in [0.15, 0.2) is 11.7 Å². The number of rotatable bonds is 2. The highest BCUT2D eigenvalue weighted by Crippen LogP contribution is 2.30. The summed E-state index contributed by atoms with van der Waals surface area (Å²) < 4.78 is 2.08. The van der Waals surface area contributed by atoms with Gasteiger partial charge in [-0.2, -0.15) is 5.10 Å². The number of aromatic nitrogens is 4. The molecule has 0 bridgehead atoms. The minimum Gasteiger partial charge on any atom is -0.241 e. The molecule has 0 atom stereocenters.